The Bertz CT molecular complexity index is 901. The monoisotopic (exact) mass is 360 g/mol. The van der Waals surface area contributed by atoms with Crippen molar-refractivity contribution in [3.8, 4) is 5.69 Å². The number of nitrogens with zero attached hydrogens (tertiary/aromatic N) is 3. The molecule has 1 atom stereocenters. The number of nitrogens with one attached hydrogen (secondary N) is 1. The number of para-hydroxylation sites is 1. The fourth-order valence-corrected chi connectivity index (χ4v) is 3.33. The summed E-state index contributed by atoms with van der Waals surface area (Å²) in [6.45, 7) is 2.04. The van der Waals surface area contributed by atoms with Gasteiger partial charge in [0, 0.05) is 12.0 Å². The van der Waals surface area contributed by atoms with E-state index < -0.39 is 0 Å². The van der Waals surface area contributed by atoms with Gasteiger partial charge in [0.15, 0.2) is 5.69 Å². The molecule has 5 heteroatoms. The normalized spacial score (nSPS) is 14.7. The minimum atomic E-state index is -0.125. The Balaban J connectivity index is 1.46. The molecule has 0 aliphatic heterocycles. The van der Waals surface area contributed by atoms with E-state index in [1.54, 1.807) is 0 Å². The van der Waals surface area contributed by atoms with Gasteiger partial charge < -0.3 is 5.32 Å². The highest BCUT2D eigenvalue weighted by Crippen LogP contribution is 2.41. The van der Waals surface area contributed by atoms with E-state index >= 15 is 0 Å². The van der Waals surface area contributed by atoms with Gasteiger partial charge in [0.2, 0.25) is 0 Å². The molecule has 27 heavy (non-hydrogen) atoms. The molecule has 1 aliphatic carbocycles. The van der Waals surface area contributed by atoms with Crippen LogP contribution in [0.25, 0.3) is 5.69 Å². The van der Waals surface area contributed by atoms with Gasteiger partial charge in [0.25, 0.3) is 5.91 Å². The second-order valence-corrected chi connectivity index (χ2v) is 7.24. The summed E-state index contributed by atoms with van der Waals surface area (Å²) in [5, 5.41) is 11.6. The molecule has 0 radical (unpaired) electrons. The van der Waals surface area contributed by atoms with Gasteiger partial charge in [-0.3, -0.25) is 4.79 Å². The van der Waals surface area contributed by atoms with Gasteiger partial charge >= 0.3 is 0 Å². The van der Waals surface area contributed by atoms with E-state index in [9.17, 15) is 4.79 Å². The van der Waals surface area contributed by atoms with Crippen LogP contribution >= 0.6 is 0 Å². The van der Waals surface area contributed by atoms with Crippen molar-refractivity contribution in [3.63, 3.8) is 0 Å². The Kier molecular flexibility index (Phi) is 5.01. The van der Waals surface area contributed by atoms with Crippen LogP contribution < -0.4 is 5.32 Å². The Hall–Kier alpha value is -2.95. The van der Waals surface area contributed by atoms with E-state index in [2.05, 4.69) is 27.8 Å². The molecule has 1 aliphatic rings. The lowest BCUT2D eigenvalue weighted by molar-refractivity contribution is 0.0932. The Morgan fingerprint density at radius 3 is 2.44 bits per heavy atom. The topological polar surface area (TPSA) is 59.8 Å². The number of carbonyl (C=O) groups is 1. The number of aryl methyl sites for hydroxylation is 1. The molecule has 5 nitrogen and oxygen atoms in total. The number of carbonyl (C=O) groups excluding carboxylic acids is 1. The van der Waals surface area contributed by atoms with Crippen molar-refractivity contribution in [2.75, 3.05) is 0 Å². The average Bonchev–Trinajstić information content (AvgIpc) is 3.45. The minimum absolute atomic E-state index is 0.0756. The molecule has 0 saturated heterocycles. The quantitative estimate of drug-likeness (QED) is 0.695. The van der Waals surface area contributed by atoms with Gasteiger partial charge in [-0.05, 0) is 50.3 Å². The summed E-state index contributed by atoms with van der Waals surface area (Å²) in [6, 6.07) is 20.3. The van der Waals surface area contributed by atoms with Crippen LogP contribution in [-0.2, 0) is 6.42 Å². The summed E-state index contributed by atoms with van der Waals surface area (Å²) in [6.07, 6.45) is 4.00. The van der Waals surface area contributed by atoms with Crippen molar-refractivity contribution in [2.24, 2.45) is 0 Å². The summed E-state index contributed by atoms with van der Waals surface area (Å²) < 4.78 is 1.82. The average molecular weight is 360 g/mol. The van der Waals surface area contributed by atoms with Crippen LogP contribution in [0, 0.1) is 0 Å². The zero-order chi connectivity index (χ0) is 18.6. The molecule has 1 heterocycles. The third-order valence-electron chi connectivity index (χ3n) is 4.97. The lowest BCUT2D eigenvalue weighted by Gasteiger charge is -2.14. The molecule has 3 aromatic rings. The fourth-order valence-electron chi connectivity index (χ4n) is 3.33. The van der Waals surface area contributed by atoms with Crippen molar-refractivity contribution in [3.05, 3.63) is 77.6 Å². The van der Waals surface area contributed by atoms with Crippen molar-refractivity contribution < 1.29 is 4.79 Å². The summed E-state index contributed by atoms with van der Waals surface area (Å²) >= 11 is 0. The van der Waals surface area contributed by atoms with Crippen LogP contribution in [0.2, 0.25) is 0 Å². The molecule has 1 amide bonds. The van der Waals surface area contributed by atoms with Crippen LogP contribution in [-0.4, -0.2) is 26.9 Å². The van der Waals surface area contributed by atoms with Gasteiger partial charge in [-0.25, -0.2) is 4.68 Å². The third-order valence-corrected chi connectivity index (χ3v) is 4.97. The van der Waals surface area contributed by atoms with Crippen molar-refractivity contribution in [1.29, 1.82) is 0 Å². The SMILES string of the molecule is CC(CCc1ccccc1)NC(=O)c1nnn(-c2ccccc2)c1C1CC1. The maximum Gasteiger partial charge on any atom is 0.273 e. The van der Waals surface area contributed by atoms with Crippen molar-refractivity contribution >= 4 is 5.91 Å². The fraction of sp³-hybridized carbons (Fsp3) is 0.318. The maximum atomic E-state index is 12.8. The van der Waals surface area contributed by atoms with E-state index in [1.807, 2.05) is 60.1 Å². The van der Waals surface area contributed by atoms with E-state index in [-0.39, 0.29) is 11.9 Å². The molecule has 1 aromatic heterocycles. The van der Waals surface area contributed by atoms with Gasteiger partial charge in [-0.15, -0.1) is 5.10 Å². The first-order valence-electron chi connectivity index (χ1n) is 9.58. The molecule has 0 spiro atoms. The number of rotatable bonds is 7. The van der Waals surface area contributed by atoms with E-state index in [1.165, 1.54) is 5.56 Å². The standard InChI is InChI=1S/C22H24N4O/c1-16(12-13-17-8-4-2-5-9-17)23-22(27)20-21(18-14-15-18)26(25-24-20)19-10-6-3-7-11-19/h2-11,16,18H,12-15H2,1H3,(H,23,27). The maximum absolute atomic E-state index is 12.8. The molecular weight excluding hydrogens is 336 g/mol. The molecule has 0 bridgehead atoms. The number of hydrogen-bond acceptors (Lipinski definition) is 3. The summed E-state index contributed by atoms with van der Waals surface area (Å²) in [7, 11) is 0. The van der Waals surface area contributed by atoms with Gasteiger partial charge in [-0.1, -0.05) is 53.7 Å². The van der Waals surface area contributed by atoms with Crippen LogP contribution in [0.5, 0.6) is 0 Å². The van der Waals surface area contributed by atoms with Crippen LogP contribution in [0.4, 0.5) is 0 Å². The van der Waals surface area contributed by atoms with Gasteiger partial charge in [0.1, 0.15) is 0 Å². The zero-order valence-electron chi connectivity index (χ0n) is 15.5. The Morgan fingerprint density at radius 2 is 1.78 bits per heavy atom. The van der Waals surface area contributed by atoms with Crippen molar-refractivity contribution in [1.82, 2.24) is 20.3 Å². The smallest absolute Gasteiger partial charge is 0.273 e. The minimum Gasteiger partial charge on any atom is -0.348 e. The van der Waals surface area contributed by atoms with Crippen LogP contribution in [0.15, 0.2) is 60.7 Å². The third kappa shape index (κ3) is 4.08. The molecule has 1 saturated carbocycles. The summed E-state index contributed by atoms with van der Waals surface area (Å²) in [4.78, 5) is 12.8. The van der Waals surface area contributed by atoms with E-state index in [4.69, 9.17) is 0 Å². The molecule has 4 rings (SSSR count). The highest BCUT2D eigenvalue weighted by molar-refractivity contribution is 5.93. The van der Waals surface area contributed by atoms with E-state index in [0.717, 1.165) is 37.1 Å². The highest BCUT2D eigenvalue weighted by atomic mass is 16.2. The predicted molar refractivity (Wildman–Crippen MR) is 105 cm³/mol. The number of benzene rings is 2. The first kappa shape index (κ1) is 17.5. The Labute approximate surface area is 159 Å². The number of hydrogen-bond donors (Lipinski definition) is 1. The van der Waals surface area contributed by atoms with Crippen molar-refractivity contribution in [2.45, 2.75) is 44.6 Å². The predicted octanol–water partition coefficient (Wildman–Crippen LogP) is 3.90. The summed E-state index contributed by atoms with van der Waals surface area (Å²) in [5.41, 5.74) is 3.64. The molecule has 1 unspecified atom stereocenters. The molecular formula is C22H24N4O. The lowest BCUT2D eigenvalue weighted by Crippen LogP contribution is -2.33. The lowest BCUT2D eigenvalue weighted by atomic mass is 10.1. The molecule has 138 valence electrons. The highest BCUT2D eigenvalue weighted by Gasteiger charge is 2.34. The largest absolute Gasteiger partial charge is 0.348 e. The first-order valence-corrected chi connectivity index (χ1v) is 9.58. The molecule has 2 aromatic carbocycles. The van der Waals surface area contributed by atoms with Crippen LogP contribution in [0.1, 0.15) is 53.8 Å². The second-order valence-electron chi connectivity index (χ2n) is 7.24. The van der Waals surface area contributed by atoms with Crippen LogP contribution in [0.3, 0.4) is 0 Å². The van der Waals surface area contributed by atoms with E-state index in [0.29, 0.717) is 11.6 Å². The first-order chi connectivity index (χ1) is 13.2. The zero-order valence-corrected chi connectivity index (χ0v) is 15.5. The summed E-state index contributed by atoms with van der Waals surface area (Å²) in [5.74, 6) is 0.250. The second kappa shape index (κ2) is 7.74. The molecule has 1 fully saturated rings. The van der Waals surface area contributed by atoms with Gasteiger partial charge in [0.05, 0.1) is 11.4 Å². The van der Waals surface area contributed by atoms with Gasteiger partial charge in [-0.2, -0.15) is 0 Å². The number of amides is 1. The molecule has 1 N–H and O–H groups in total. The Morgan fingerprint density at radius 1 is 1.11 bits per heavy atom. The number of aromatic nitrogens is 3.